The van der Waals surface area contributed by atoms with Crippen LogP contribution in [-0.2, 0) is 19.1 Å². The van der Waals surface area contributed by atoms with Crippen LogP contribution >= 0.6 is 0 Å². The summed E-state index contributed by atoms with van der Waals surface area (Å²) in [6.45, 7) is 0.896. The Morgan fingerprint density at radius 3 is 2.34 bits per heavy atom. The first-order chi connectivity index (χ1) is 17.0. The van der Waals surface area contributed by atoms with Gasteiger partial charge in [0.1, 0.15) is 12.7 Å². The maximum Gasteiger partial charge on any atom is 0.407 e. The van der Waals surface area contributed by atoms with Crippen molar-refractivity contribution in [1.82, 2.24) is 10.6 Å². The zero-order valence-corrected chi connectivity index (χ0v) is 19.4. The average Bonchev–Trinajstić information content (AvgIpc) is 3.59. The third kappa shape index (κ3) is 4.75. The Labute approximate surface area is 204 Å². The molecule has 5 rings (SSSR count). The Balaban J connectivity index is 1.14. The average molecular weight is 479 g/mol. The number of rotatable bonds is 7. The summed E-state index contributed by atoms with van der Waals surface area (Å²) in [7, 11) is 0. The van der Waals surface area contributed by atoms with Crippen molar-refractivity contribution in [2.75, 3.05) is 19.8 Å². The van der Waals surface area contributed by atoms with E-state index < -0.39 is 24.1 Å². The number of alkyl carbamates (subject to hydrolysis) is 1. The van der Waals surface area contributed by atoms with E-state index in [1.807, 2.05) is 24.3 Å². The van der Waals surface area contributed by atoms with Gasteiger partial charge in [-0.3, -0.25) is 9.59 Å². The SMILES string of the molecule is O=C(NCC1CCOC1C(=O)NC1CCCC1C(=O)O)OCC1c2ccccc2-c2ccccc21. The standard InChI is InChI=1S/C27H30N2O6/c30-25(29-23-11-5-10-21(23)26(31)32)24-16(12-13-34-24)14-28-27(33)35-15-22-19-8-3-1-6-17(19)18-7-2-4-9-20(18)22/h1-4,6-9,16,21-24H,5,10-15H2,(H,28,33)(H,29,30)(H,31,32). The number of ether oxygens (including phenoxy) is 2. The second kappa shape index (κ2) is 10.1. The molecule has 1 aliphatic heterocycles. The van der Waals surface area contributed by atoms with E-state index in [1.165, 1.54) is 11.1 Å². The minimum absolute atomic E-state index is 0.0184. The lowest BCUT2D eigenvalue weighted by Gasteiger charge is -2.23. The molecule has 2 amide bonds. The predicted octanol–water partition coefficient (Wildman–Crippen LogP) is 3.30. The lowest BCUT2D eigenvalue weighted by atomic mass is 9.98. The molecule has 3 N–H and O–H groups in total. The maximum atomic E-state index is 12.8. The molecule has 2 aromatic carbocycles. The van der Waals surface area contributed by atoms with Crippen molar-refractivity contribution in [1.29, 1.82) is 0 Å². The van der Waals surface area contributed by atoms with Crippen LogP contribution in [0.4, 0.5) is 4.79 Å². The minimum Gasteiger partial charge on any atom is -0.481 e. The number of amides is 2. The zero-order valence-electron chi connectivity index (χ0n) is 19.4. The van der Waals surface area contributed by atoms with Gasteiger partial charge in [0.2, 0.25) is 5.91 Å². The van der Waals surface area contributed by atoms with Crippen molar-refractivity contribution >= 4 is 18.0 Å². The van der Waals surface area contributed by atoms with E-state index in [2.05, 4.69) is 34.9 Å². The van der Waals surface area contributed by atoms with Gasteiger partial charge in [0, 0.05) is 31.0 Å². The summed E-state index contributed by atoms with van der Waals surface area (Å²) >= 11 is 0. The molecule has 4 atom stereocenters. The summed E-state index contributed by atoms with van der Waals surface area (Å²) in [4.78, 5) is 36.7. The van der Waals surface area contributed by atoms with Gasteiger partial charge in [-0.15, -0.1) is 0 Å². The lowest BCUT2D eigenvalue weighted by molar-refractivity contribution is -0.142. The predicted molar refractivity (Wildman–Crippen MR) is 128 cm³/mol. The van der Waals surface area contributed by atoms with E-state index in [4.69, 9.17) is 9.47 Å². The molecule has 1 saturated carbocycles. The van der Waals surface area contributed by atoms with Crippen LogP contribution in [0.3, 0.4) is 0 Å². The molecule has 1 heterocycles. The van der Waals surface area contributed by atoms with Crippen molar-refractivity contribution in [2.45, 2.75) is 43.7 Å². The molecule has 2 aliphatic carbocycles. The topological polar surface area (TPSA) is 114 Å². The van der Waals surface area contributed by atoms with Gasteiger partial charge in [0.05, 0.1) is 5.92 Å². The fourth-order valence-corrected chi connectivity index (χ4v) is 5.69. The van der Waals surface area contributed by atoms with Crippen molar-refractivity contribution in [2.24, 2.45) is 11.8 Å². The van der Waals surface area contributed by atoms with Crippen LogP contribution in [-0.4, -0.2) is 55.0 Å². The molecule has 8 heteroatoms. The molecule has 0 aromatic heterocycles. The van der Waals surface area contributed by atoms with Crippen LogP contribution in [0.25, 0.3) is 11.1 Å². The van der Waals surface area contributed by atoms with Crippen LogP contribution in [0.1, 0.15) is 42.7 Å². The van der Waals surface area contributed by atoms with Gasteiger partial charge in [-0.1, -0.05) is 55.0 Å². The molecule has 8 nitrogen and oxygen atoms in total. The summed E-state index contributed by atoms with van der Waals surface area (Å²) in [5.74, 6) is -1.96. The van der Waals surface area contributed by atoms with E-state index >= 15 is 0 Å². The molecule has 1 saturated heterocycles. The van der Waals surface area contributed by atoms with Crippen molar-refractivity contribution < 1.29 is 29.0 Å². The second-order valence-corrected chi connectivity index (χ2v) is 9.54. The Hall–Kier alpha value is -3.39. The van der Waals surface area contributed by atoms with Crippen molar-refractivity contribution in [3.8, 4) is 11.1 Å². The van der Waals surface area contributed by atoms with Gasteiger partial charge in [0.25, 0.3) is 0 Å². The van der Waals surface area contributed by atoms with Gasteiger partial charge in [-0.25, -0.2) is 4.79 Å². The summed E-state index contributed by atoms with van der Waals surface area (Å²) in [5, 5.41) is 15.0. The molecule has 0 bridgehead atoms. The number of nitrogens with one attached hydrogen (secondary N) is 2. The number of aliphatic carboxylic acids is 1. The largest absolute Gasteiger partial charge is 0.481 e. The highest BCUT2D eigenvalue weighted by Gasteiger charge is 2.39. The Kier molecular flexibility index (Phi) is 6.72. The van der Waals surface area contributed by atoms with E-state index in [9.17, 15) is 19.5 Å². The number of benzene rings is 2. The van der Waals surface area contributed by atoms with Crippen molar-refractivity contribution in [3.63, 3.8) is 0 Å². The summed E-state index contributed by atoms with van der Waals surface area (Å²) in [5.41, 5.74) is 4.63. The first-order valence-electron chi connectivity index (χ1n) is 12.3. The lowest BCUT2D eigenvalue weighted by Crippen LogP contribution is -2.48. The highest BCUT2D eigenvalue weighted by Crippen LogP contribution is 2.44. The number of hydrogen-bond donors (Lipinski definition) is 3. The molecule has 4 unspecified atom stereocenters. The summed E-state index contributed by atoms with van der Waals surface area (Å²) in [6, 6.07) is 15.9. The number of carboxylic acids is 1. The highest BCUT2D eigenvalue weighted by molar-refractivity contribution is 5.83. The van der Waals surface area contributed by atoms with Crippen LogP contribution < -0.4 is 10.6 Å². The van der Waals surface area contributed by atoms with E-state index in [-0.39, 0.29) is 36.9 Å². The third-order valence-corrected chi connectivity index (χ3v) is 7.49. The molecular weight excluding hydrogens is 448 g/mol. The van der Waals surface area contributed by atoms with E-state index in [0.29, 0.717) is 25.9 Å². The van der Waals surface area contributed by atoms with Crippen LogP contribution in [0.2, 0.25) is 0 Å². The van der Waals surface area contributed by atoms with E-state index in [1.54, 1.807) is 0 Å². The molecule has 3 aliphatic rings. The highest BCUT2D eigenvalue weighted by atomic mass is 16.5. The van der Waals surface area contributed by atoms with Gasteiger partial charge >= 0.3 is 12.1 Å². The fourth-order valence-electron chi connectivity index (χ4n) is 5.69. The molecule has 0 radical (unpaired) electrons. The Bertz CT molecular complexity index is 1070. The monoisotopic (exact) mass is 478 g/mol. The molecular formula is C27H30N2O6. The molecule has 184 valence electrons. The number of carboxylic acid groups (broad SMARTS) is 1. The molecule has 2 fully saturated rings. The van der Waals surface area contributed by atoms with Crippen LogP contribution in [0, 0.1) is 11.8 Å². The molecule has 0 spiro atoms. The minimum atomic E-state index is -0.881. The second-order valence-electron chi connectivity index (χ2n) is 9.54. The smallest absolute Gasteiger partial charge is 0.407 e. The maximum absolute atomic E-state index is 12.8. The van der Waals surface area contributed by atoms with Gasteiger partial charge in [-0.05, 0) is 41.5 Å². The van der Waals surface area contributed by atoms with Crippen LogP contribution in [0.15, 0.2) is 48.5 Å². The van der Waals surface area contributed by atoms with Gasteiger partial charge in [-0.2, -0.15) is 0 Å². The fraction of sp³-hybridized carbons (Fsp3) is 0.444. The Morgan fingerprint density at radius 2 is 1.66 bits per heavy atom. The first-order valence-corrected chi connectivity index (χ1v) is 12.3. The summed E-state index contributed by atoms with van der Waals surface area (Å²) < 4.78 is 11.2. The number of fused-ring (bicyclic) bond motifs is 3. The molecule has 35 heavy (non-hydrogen) atoms. The quantitative estimate of drug-likeness (QED) is 0.563. The number of carbonyl (C=O) groups is 3. The van der Waals surface area contributed by atoms with Crippen LogP contribution in [0.5, 0.6) is 0 Å². The van der Waals surface area contributed by atoms with Crippen molar-refractivity contribution in [3.05, 3.63) is 59.7 Å². The first kappa shape index (κ1) is 23.4. The van der Waals surface area contributed by atoms with Gasteiger partial charge < -0.3 is 25.2 Å². The van der Waals surface area contributed by atoms with E-state index in [0.717, 1.165) is 17.5 Å². The number of carbonyl (C=O) groups excluding carboxylic acids is 2. The third-order valence-electron chi connectivity index (χ3n) is 7.49. The van der Waals surface area contributed by atoms with Gasteiger partial charge in [0.15, 0.2) is 0 Å². The normalized spacial score (nSPS) is 25.0. The Morgan fingerprint density at radius 1 is 0.971 bits per heavy atom. The number of hydrogen-bond acceptors (Lipinski definition) is 5. The molecule has 2 aromatic rings. The summed E-state index contributed by atoms with van der Waals surface area (Å²) in [6.07, 6.45) is 1.39. The zero-order chi connectivity index (χ0) is 24.4.